The van der Waals surface area contributed by atoms with Crippen LogP contribution >= 0.6 is 0 Å². The van der Waals surface area contributed by atoms with Crippen molar-refractivity contribution in [3.05, 3.63) is 63.7 Å². The fourth-order valence-electron chi connectivity index (χ4n) is 2.34. The Morgan fingerprint density at radius 2 is 1.96 bits per heavy atom. The second-order valence-corrected chi connectivity index (χ2v) is 5.97. The van der Waals surface area contributed by atoms with Gasteiger partial charge in [0.15, 0.2) is 6.61 Å². The molecule has 0 fully saturated rings. The summed E-state index contributed by atoms with van der Waals surface area (Å²) in [6, 6.07) is 11.9. The lowest BCUT2D eigenvalue weighted by Crippen LogP contribution is -2.24. The normalized spacial score (nSPS) is 10.6. The lowest BCUT2D eigenvalue weighted by Gasteiger charge is -2.14. The van der Waals surface area contributed by atoms with Gasteiger partial charge in [0, 0.05) is 37.5 Å². The van der Waals surface area contributed by atoms with E-state index in [9.17, 15) is 14.9 Å². The van der Waals surface area contributed by atoms with Gasteiger partial charge in [-0.1, -0.05) is 19.1 Å². The Labute approximate surface area is 157 Å². The second kappa shape index (κ2) is 9.33. The topological polar surface area (TPSA) is 97.1 Å². The lowest BCUT2D eigenvalue weighted by atomic mass is 10.1. The zero-order valence-corrected chi connectivity index (χ0v) is 15.5. The van der Waals surface area contributed by atoms with Crippen molar-refractivity contribution in [2.24, 2.45) is 5.10 Å². The minimum absolute atomic E-state index is 0.0489. The summed E-state index contributed by atoms with van der Waals surface area (Å²) in [5, 5.41) is 14.8. The maximum absolute atomic E-state index is 11.9. The number of non-ortho nitro benzene ring substituents is 1. The van der Waals surface area contributed by atoms with Crippen LogP contribution in [0.4, 0.5) is 11.4 Å². The van der Waals surface area contributed by atoms with E-state index in [0.717, 1.165) is 12.1 Å². The van der Waals surface area contributed by atoms with Crippen LogP contribution in [-0.2, 0) is 11.2 Å². The number of ether oxygens (including phenoxy) is 1. The molecule has 0 bridgehead atoms. The molecular formula is C19H22N4O4. The molecule has 0 saturated heterocycles. The highest BCUT2D eigenvalue weighted by atomic mass is 16.6. The van der Waals surface area contributed by atoms with Crippen LogP contribution in [0.3, 0.4) is 0 Å². The zero-order valence-electron chi connectivity index (χ0n) is 15.5. The van der Waals surface area contributed by atoms with E-state index in [-0.39, 0.29) is 12.3 Å². The first-order chi connectivity index (χ1) is 12.9. The van der Waals surface area contributed by atoms with Crippen LogP contribution in [0, 0.1) is 10.1 Å². The van der Waals surface area contributed by atoms with Gasteiger partial charge in [-0.25, -0.2) is 5.43 Å². The van der Waals surface area contributed by atoms with Gasteiger partial charge in [0.1, 0.15) is 5.75 Å². The fraction of sp³-hybridized carbons (Fsp3) is 0.263. The molecule has 0 heterocycles. The zero-order chi connectivity index (χ0) is 19.8. The molecule has 0 unspecified atom stereocenters. The number of nitro benzene ring substituents is 1. The maximum atomic E-state index is 11.9. The van der Waals surface area contributed by atoms with Crippen molar-refractivity contribution in [3.8, 4) is 5.75 Å². The quantitative estimate of drug-likeness (QED) is 0.438. The Balaban J connectivity index is 1.96. The second-order valence-electron chi connectivity index (χ2n) is 5.97. The predicted molar refractivity (Wildman–Crippen MR) is 104 cm³/mol. The highest BCUT2D eigenvalue weighted by Gasteiger charge is 2.11. The van der Waals surface area contributed by atoms with Gasteiger partial charge < -0.3 is 9.64 Å². The van der Waals surface area contributed by atoms with Gasteiger partial charge in [-0.3, -0.25) is 14.9 Å². The summed E-state index contributed by atoms with van der Waals surface area (Å²) in [7, 11) is 3.63. The van der Waals surface area contributed by atoms with Crippen LogP contribution < -0.4 is 15.1 Å². The number of hydrazone groups is 1. The van der Waals surface area contributed by atoms with Crippen molar-refractivity contribution in [1.82, 2.24) is 5.43 Å². The molecule has 1 amide bonds. The highest BCUT2D eigenvalue weighted by Crippen LogP contribution is 2.22. The van der Waals surface area contributed by atoms with E-state index in [1.165, 1.54) is 23.9 Å². The van der Waals surface area contributed by atoms with Gasteiger partial charge in [-0.05, 0) is 30.2 Å². The van der Waals surface area contributed by atoms with Gasteiger partial charge in [-0.2, -0.15) is 5.10 Å². The summed E-state index contributed by atoms with van der Waals surface area (Å²) in [6.45, 7) is 1.88. The van der Waals surface area contributed by atoms with E-state index < -0.39 is 10.8 Å². The molecule has 2 aromatic carbocycles. The summed E-state index contributed by atoms with van der Waals surface area (Å²) in [4.78, 5) is 24.1. The molecule has 0 spiro atoms. The van der Waals surface area contributed by atoms with Crippen LogP contribution in [-0.4, -0.2) is 37.7 Å². The predicted octanol–water partition coefficient (Wildman–Crippen LogP) is 2.75. The number of hydrogen-bond acceptors (Lipinski definition) is 6. The maximum Gasteiger partial charge on any atom is 0.277 e. The lowest BCUT2D eigenvalue weighted by molar-refractivity contribution is -0.384. The van der Waals surface area contributed by atoms with Gasteiger partial charge in [-0.15, -0.1) is 0 Å². The molecule has 0 aliphatic rings. The minimum atomic E-state index is -0.479. The van der Waals surface area contributed by atoms with Gasteiger partial charge >= 0.3 is 0 Å². The number of nitrogens with zero attached hydrogens (tertiary/aromatic N) is 3. The van der Waals surface area contributed by atoms with Crippen molar-refractivity contribution >= 4 is 23.5 Å². The van der Waals surface area contributed by atoms with Crippen LogP contribution in [0.1, 0.15) is 18.1 Å². The van der Waals surface area contributed by atoms with Crippen LogP contribution in [0.25, 0.3) is 0 Å². The van der Waals surface area contributed by atoms with Crippen molar-refractivity contribution in [2.75, 3.05) is 25.6 Å². The average Bonchev–Trinajstić information content (AvgIpc) is 2.66. The van der Waals surface area contributed by atoms with Crippen molar-refractivity contribution in [3.63, 3.8) is 0 Å². The molecule has 2 aromatic rings. The number of benzene rings is 2. The molecule has 27 heavy (non-hydrogen) atoms. The smallest absolute Gasteiger partial charge is 0.277 e. The summed E-state index contributed by atoms with van der Waals surface area (Å²) in [5.74, 6) is 0.169. The summed E-state index contributed by atoms with van der Waals surface area (Å²) >= 11 is 0. The molecule has 0 atom stereocenters. The largest absolute Gasteiger partial charge is 0.484 e. The van der Waals surface area contributed by atoms with Crippen LogP contribution in [0.2, 0.25) is 0 Å². The number of carbonyl (C=O) groups is 1. The van der Waals surface area contributed by atoms with Crippen LogP contribution in [0.15, 0.2) is 47.6 Å². The highest BCUT2D eigenvalue weighted by molar-refractivity contribution is 5.90. The van der Waals surface area contributed by atoms with Gasteiger partial charge in [0.05, 0.1) is 11.1 Å². The number of hydrogen-bond donors (Lipinski definition) is 1. The standard InChI is InChI=1S/C19H22N4O4/c1-4-14-5-8-17(9-6-14)27-13-19(24)21-20-12-15-11-16(23(25)26)7-10-18(15)22(2)3/h5-12H,4,13H2,1-3H3,(H,21,24)/b20-12-. The Morgan fingerprint density at radius 1 is 1.26 bits per heavy atom. The number of aryl methyl sites for hydroxylation is 1. The van der Waals surface area contributed by atoms with Crippen LogP contribution in [0.5, 0.6) is 5.75 Å². The van der Waals surface area contributed by atoms with Crippen molar-refractivity contribution in [1.29, 1.82) is 0 Å². The Bertz CT molecular complexity index is 832. The molecule has 0 aromatic heterocycles. The first-order valence-corrected chi connectivity index (χ1v) is 8.40. The van der Waals surface area contributed by atoms with Crippen molar-refractivity contribution in [2.45, 2.75) is 13.3 Å². The molecule has 0 aliphatic carbocycles. The van der Waals surface area contributed by atoms with E-state index in [2.05, 4.69) is 17.5 Å². The molecule has 8 heteroatoms. The Hall–Kier alpha value is -3.42. The van der Waals surface area contributed by atoms with E-state index in [1.807, 2.05) is 38.4 Å². The van der Waals surface area contributed by atoms with Gasteiger partial charge in [0.25, 0.3) is 11.6 Å². The molecule has 0 saturated carbocycles. The Kier molecular flexibility index (Phi) is 6.87. The Morgan fingerprint density at radius 3 is 2.56 bits per heavy atom. The van der Waals surface area contributed by atoms with E-state index in [1.54, 1.807) is 11.0 Å². The number of anilines is 1. The van der Waals surface area contributed by atoms with Gasteiger partial charge in [0.2, 0.25) is 0 Å². The molecule has 1 N–H and O–H groups in total. The number of amides is 1. The third-order valence-corrected chi connectivity index (χ3v) is 3.80. The molecular weight excluding hydrogens is 348 g/mol. The minimum Gasteiger partial charge on any atom is -0.484 e. The first-order valence-electron chi connectivity index (χ1n) is 8.40. The third kappa shape index (κ3) is 5.81. The summed E-state index contributed by atoms with van der Waals surface area (Å²) in [5.41, 5.74) is 4.75. The third-order valence-electron chi connectivity index (χ3n) is 3.80. The number of rotatable bonds is 8. The van der Waals surface area contributed by atoms with Crippen molar-refractivity contribution < 1.29 is 14.5 Å². The SMILES string of the molecule is CCc1ccc(OCC(=O)N/N=C\c2cc([N+](=O)[O-])ccc2N(C)C)cc1. The first kappa shape index (κ1) is 19.9. The number of nitro groups is 1. The molecule has 2 rings (SSSR count). The molecule has 0 aliphatic heterocycles. The monoisotopic (exact) mass is 370 g/mol. The summed E-state index contributed by atoms with van der Waals surface area (Å²) < 4.78 is 5.40. The fourth-order valence-corrected chi connectivity index (χ4v) is 2.34. The summed E-state index contributed by atoms with van der Waals surface area (Å²) in [6.07, 6.45) is 2.30. The van der Waals surface area contributed by atoms with E-state index in [4.69, 9.17) is 4.74 Å². The number of carbonyl (C=O) groups excluding carboxylic acids is 1. The molecule has 142 valence electrons. The average molecular weight is 370 g/mol. The molecule has 8 nitrogen and oxygen atoms in total. The molecule has 0 radical (unpaired) electrons. The van der Waals surface area contributed by atoms with E-state index in [0.29, 0.717) is 11.3 Å². The number of nitrogens with one attached hydrogen (secondary N) is 1. The van der Waals surface area contributed by atoms with E-state index >= 15 is 0 Å².